The molecule has 0 spiro atoms. The van der Waals surface area contributed by atoms with Crippen LogP contribution in [0.2, 0.25) is 0 Å². The van der Waals surface area contributed by atoms with Gasteiger partial charge in [-0.05, 0) is 18.2 Å². The topological polar surface area (TPSA) is 50.7 Å². The number of thioether (sulfide) groups is 1. The Kier molecular flexibility index (Phi) is 4.53. The fourth-order valence-corrected chi connectivity index (χ4v) is 4.35. The summed E-state index contributed by atoms with van der Waals surface area (Å²) < 4.78 is 2.59. The minimum atomic E-state index is -0.0600. The first-order valence-electron chi connectivity index (χ1n) is 8.96. The summed E-state index contributed by atoms with van der Waals surface area (Å²) in [5, 5.41) is 1.72. The summed E-state index contributed by atoms with van der Waals surface area (Å²) >= 11 is 1.63. The van der Waals surface area contributed by atoms with Crippen molar-refractivity contribution < 1.29 is 4.48 Å². The van der Waals surface area contributed by atoms with Gasteiger partial charge in [0, 0.05) is 10.9 Å². The average Bonchev–Trinajstić information content (AvgIpc) is 3.01. The van der Waals surface area contributed by atoms with Crippen LogP contribution in [0.3, 0.4) is 0 Å². The van der Waals surface area contributed by atoms with Crippen LogP contribution in [0, 0.1) is 0 Å². The predicted molar refractivity (Wildman–Crippen MR) is 113 cm³/mol. The van der Waals surface area contributed by atoms with Crippen molar-refractivity contribution in [3.8, 4) is 5.69 Å². The van der Waals surface area contributed by atoms with E-state index in [0.29, 0.717) is 5.52 Å². The molecule has 2 heterocycles. The molecule has 1 N–H and O–H groups in total. The lowest BCUT2D eigenvalue weighted by molar-refractivity contribution is -0.867. The Morgan fingerprint density at radius 2 is 1.74 bits per heavy atom. The van der Waals surface area contributed by atoms with Crippen molar-refractivity contribution in [2.45, 2.75) is 5.16 Å². The third kappa shape index (κ3) is 3.50. The molecule has 6 heteroatoms. The van der Waals surface area contributed by atoms with Crippen LogP contribution in [0.25, 0.3) is 27.6 Å². The van der Waals surface area contributed by atoms with Gasteiger partial charge in [-0.25, -0.2) is 4.98 Å². The van der Waals surface area contributed by atoms with Crippen LogP contribution in [0.15, 0.2) is 64.5 Å². The minimum absolute atomic E-state index is 0.0600. The number of para-hydroxylation sites is 2. The SMILES string of the molecule is C[N+](C)(C)CCSc1nc2c([nH]c3ccccc32)c(=O)n1-c1ccccc1. The Morgan fingerprint density at radius 3 is 2.48 bits per heavy atom. The van der Waals surface area contributed by atoms with Gasteiger partial charge in [-0.1, -0.05) is 48.2 Å². The molecule has 0 saturated carbocycles. The second-order valence-corrected chi connectivity index (χ2v) is 8.69. The smallest absolute Gasteiger partial charge is 0.283 e. The van der Waals surface area contributed by atoms with Gasteiger partial charge in [0.2, 0.25) is 0 Å². The first-order chi connectivity index (χ1) is 12.9. The normalized spacial score (nSPS) is 12.1. The van der Waals surface area contributed by atoms with Crippen molar-refractivity contribution in [3.05, 3.63) is 65.0 Å². The van der Waals surface area contributed by atoms with Crippen LogP contribution in [0.5, 0.6) is 0 Å². The molecule has 138 valence electrons. The summed E-state index contributed by atoms with van der Waals surface area (Å²) in [6, 6.07) is 17.7. The summed E-state index contributed by atoms with van der Waals surface area (Å²) in [5.74, 6) is 0.886. The summed E-state index contributed by atoms with van der Waals surface area (Å²) in [7, 11) is 6.50. The molecule has 27 heavy (non-hydrogen) atoms. The molecule has 0 radical (unpaired) electrons. The van der Waals surface area contributed by atoms with E-state index >= 15 is 0 Å². The highest BCUT2D eigenvalue weighted by atomic mass is 32.2. The van der Waals surface area contributed by atoms with Crippen LogP contribution in [0.4, 0.5) is 0 Å². The molecule has 4 aromatic rings. The maximum Gasteiger partial charge on any atom is 0.283 e. The lowest BCUT2D eigenvalue weighted by Crippen LogP contribution is -2.36. The van der Waals surface area contributed by atoms with Crippen molar-refractivity contribution in [1.82, 2.24) is 14.5 Å². The molecule has 2 aromatic carbocycles. The third-order valence-corrected chi connectivity index (χ3v) is 5.42. The van der Waals surface area contributed by atoms with Gasteiger partial charge in [0.15, 0.2) is 5.16 Å². The second-order valence-electron chi connectivity index (χ2n) is 7.63. The zero-order valence-corrected chi connectivity index (χ0v) is 16.6. The lowest BCUT2D eigenvalue weighted by Gasteiger charge is -2.23. The number of hydrogen-bond acceptors (Lipinski definition) is 3. The summed E-state index contributed by atoms with van der Waals surface area (Å²) in [5.41, 5.74) is 3.01. The quantitative estimate of drug-likeness (QED) is 0.327. The van der Waals surface area contributed by atoms with Crippen LogP contribution >= 0.6 is 11.8 Å². The maximum absolute atomic E-state index is 13.4. The van der Waals surface area contributed by atoms with E-state index < -0.39 is 0 Å². The molecule has 0 aliphatic heterocycles. The van der Waals surface area contributed by atoms with Crippen molar-refractivity contribution >= 4 is 33.7 Å². The van der Waals surface area contributed by atoms with E-state index in [4.69, 9.17) is 4.98 Å². The first kappa shape index (κ1) is 17.8. The molecular weight excluding hydrogens is 356 g/mol. The van der Waals surface area contributed by atoms with Gasteiger partial charge in [0.05, 0.1) is 39.1 Å². The Bertz CT molecular complexity index is 1160. The Balaban J connectivity index is 1.92. The van der Waals surface area contributed by atoms with Gasteiger partial charge in [-0.3, -0.25) is 9.36 Å². The highest BCUT2D eigenvalue weighted by Crippen LogP contribution is 2.26. The highest BCUT2D eigenvalue weighted by molar-refractivity contribution is 7.99. The van der Waals surface area contributed by atoms with Gasteiger partial charge in [-0.15, -0.1) is 0 Å². The Morgan fingerprint density at radius 1 is 1.04 bits per heavy atom. The van der Waals surface area contributed by atoms with E-state index in [1.165, 1.54) is 0 Å². The molecule has 5 nitrogen and oxygen atoms in total. The maximum atomic E-state index is 13.4. The van der Waals surface area contributed by atoms with E-state index in [0.717, 1.165) is 44.0 Å². The van der Waals surface area contributed by atoms with Gasteiger partial charge >= 0.3 is 0 Å². The number of hydrogen-bond donors (Lipinski definition) is 1. The van der Waals surface area contributed by atoms with E-state index in [-0.39, 0.29) is 5.56 Å². The van der Waals surface area contributed by atoms with Crippen molar-refractivity contribution in [2.24, 2.45) is 0 Å². The number of aromatic amines is 1. The van der Waals surface area contributed by atoms with E-state index in [1.807, 2.05) is 54.6 Å². The van der Waals surface area contributed by atoms with Gasteiger partial charge in [0.25, 0.3) is 5.56 Å². The van der Waals surface area contributed by atoms with Crippen LogP contribution in [-0.4, -0.2) is 52.5 Å². The number of nitrogens with one attached hydrogen (secondary N) is 1. The lowest BCUT2D eigenvalue weighted by atomic mass is 10.2. The Labute approximate surface area is 162 Å². The van der Waals surface area contributed by atoms with E-state index in [2.05, 4.69) is 26.1 Å². The average molecular weight is 380 g/mol. The summed E-state index contributed by atoms with van der Waals surface area (Å²) in [6.07, 6.45) is 0. The number of H-pyrrole nitrogens is 1. The number of nitrogens with zero attached hydrogens (tertiary/aromatic N) is 3. The van der Waals surface area contributed by atoms with Crippen molar-refractivity contribution in [2.75, 3.05) is 33.4 Å². The molecule has 0 saturated heterocycles. The molecule has 0 amide bonds. The monoisotopic (exact) mass is 379 g/mol. The standard InChI is InChI=1S/C21H22N4OS/c1-25(2,3)13-14-27-21-23-18-16-11-7-8-12-17(16)22-19(18)20(26)24(21)15-9-5-4-6-10-15/h4-12H,13-14H2,1-3H3/p+1. The zero-order valence-electron chi connectivity index (χ0n) is 15.8. The molecule has 0 aliphatic rings. The molecule has 0 atom stereocenters. The van der Waals surface area contributed by atoms with E-state index in [1.54, 1.807) is 16.3 Å². The van der Waals surface area contributed by atoms with Crippen LogP contribution in [-0.2, 0) is 0 Å². The number of fused-ring (bicyclic) bond motifs is 3. The molecule has 0 aliphatic carbocycles. The molecule has 0 bridgehead atoms. The van der Waals surface area contributed by atoms with Gasteiger partial charge in [0.1, 0.15) is 11.0 Å². The summed E-state index contributed by atoms with van der Waals surface area (Å²) in [6.45, 7) is 0.987. The largest absolute Gasteiger partial charge is 0.349 e. The van der Waals surface area contributed by atoms with Crippen LogP contribution in [0.1, 0.15) is 0 Å². The predicted octanol–water partition coefficient (Wildman–Crippen LogP) is 3.67. The van der Waals surface area contributed by atoms with Gasteiger partial charge in [-0.2, -0.15) is 0 Å². The number of aromatic nitrogens is 3. The first-order valence-corrected chi connectivity index (χ1v) is 9.95. The van der Waals surface area contributed by atoms with Crippen molar-refractivity contribution in [3.63, 3.8) is 0 Å². The third-order valence-electron chi connectivity index (χ3n) is 4.50. The minimum Gasteiger partial charge on any atom is -0.349 e. The number of rotatable bonds is 5. The fourth-order valence-electron chi connectivity index (χ4n) is 3.05. The van der Waals surface area contributed by atoms with E-state index in [9.17, 15) is 4.79 Å². The molecule has 4 rings (SSSR count). The Hall–Kier alpha value is -2.57. The fraction of sp³-hybridized carbons (Fsp3) is 0.238. The van der Waals surface area contributed by atoms with Crippen molar-refractivity contribution in [1.29, 1.82) is 0 Å². The zero-order chi connectivity index (χ0) is 19.0. The number of quaternary nitrogens is 1. The number of benzene rings is 2. The molecule has 0 fully saturated rings. The van der Waals surface area contributed by atoms with Gasteiger partial charge < -0.3 is 9.47 Å². The molecular formula is C21H23N4OS+. The molecule has 0 unspecified atom stereocenters. The molecule has 2 aromatic heterocycles. The highest BCUT2D eigenvalue weighted by Gasteiger charge is 2.18. The second kappa shape index (κ2) is 6.87. The van der Waals surface area contributed by atoms with Crippen LogP contribution < -0.4 is 5.56 Å². The summed E-state index contributed by atoms with van der Waals surface area (Å²) in [4.78, 5) is 21.5.